The van der Waals surface area contributed by atoms with Gasteiger partial charge in [-0.25, -0.2) is 0 Å². The van der Waals surface area contributed by atoms with Gasteiger partial charge in [0.1, 0.15) is 0 Å². The molecule has 2 atom stereocenters. The van der Waals surface area contributed by atoms with Crippen molar-refractivity contribution in [3.8, 4) is 0 Å². The third kappa shape index (κ3) is 3.07. The molecule has 2 rings (SSSR count). The van der Waals surface area contributed by atoms with Crippen molar-refractivity contribution in [2.24, 2.45) is 5.92 Å². The summed E-state index contributed by atoms with van der Waals surface area (Å²) in [6, 6.07) is 10.1. The van der Waals surface area contributed by atoms with Crippen LogP contribution in [-0.2, 0) is 14.3 Å². The number of esters is 1. The molecular weight excluding hydrogens is 216 g/mol. The minimum absolute atomic E-state index is 0.0885. The molecule has 1 aromatic carbocycles. The van der Waals surface area contributed by atoms with Crippen LogP contribution in [0.5, 0.6) is 0 Å². The lowest BCUT2D eigenvalue weighted by molar-refractivity contribution is -0.164. The van der Waals surface area contributed by atoms with E-state index >= 15 is 0 Å². The predicted molar refractivity (Wildman–Crippen MR) is 64.5 cm³/mol. The molecule has 0 saturated carbocycles. The molecule has 0 amide bonds. The van der Waals surface area contributed by atoms with E-state index < -0.39 is 0 Å². The molecule has 2 unspecified atom stereocenters. The summed E-state index contributed by atoms with van der Waals surface area (Å²) in [6.45, 7) is 3.12. The minimum Gasteiger partial charge on any atom is -0.465 e. The zero-order chi connectivity index (χ0) is 12.1. The van der Waals surface area contributed by atoms with Crippen LogP contribution in [-0.4, -0.2) is 19.2 Å². The highest BCUT2D eigenvalue weighted by atomic mass is 16.5. The summed E-state index contributed by atoms with van der Waals surface area (Å²) in [4.78, 5) is 11.3. The lowest BCUT2D eigenvalue weighted by Gasteiger charge is -2.36. The number of carbonyl (C=O) groups is 1. The van der Waals surface area contributed by atoms with Gasteiger partial charge < -0.3 is 9.47 Å². The summed E-state index contributed by atoms with van der Waals surface area (Å²) in [7, 11) is 0. The second-order valence-corrected chi connectivity index (χ2v) is 4.36. The summed E-state index contributed by atoms with van der Waals surface area (Å²) < 4.78 is 10.7. The average Bonchev–Trinajstić information content (AvgIpc) is 2.29. The van der Waals surface area contributed by atoms with Gasteiger partial charge in [0, 0.05) is 12.3 Å². The maximum atomic E-state index is 11.3. The van der Waals surface area contributed by atoms with Crippen LogP contribution in [0, 0.1) is 5.92 Å². The van der Waals surface area contributed by atoms with E-state index in [1.807, 2.05) is 37.3 Å². The Morgan fingerprint density at radius 3 is 2.76 bits per heavy atom. The normalized spacial score (nSPS) is 22.9. The topological polar surface area (TPSA) is 35.5 Å². The van der Waals surface area contributed by atoms with Gasteiger partial charge in [0.05, 0.1) is 19.3 Å². The standard InChI is InChI=1S/C14H18O3/c1-2-6-13(15)16-9-12-10-17-14(12)11-7-4-3-5-8-11/h3-5,7-8,12,14H,2,6,9-10H2,1H3. The molecule has 0 N–H and O–H groups in total. The fraction of sp³-hybridized carbons (Fsp3) is 0.500. The first kappa shape index (κ1) is 12.1. The highest BCUT2D eigenvalue weighted by Crippen LogP contribution is 2.35. The zero-order valence-electron chi connectivity index (χ0n) is 10.1. The molecule has 1 aromatic rings. The number of hydrogen-bond acceptors (Lipinski definition) is 3. The summed E-state index contributed by atoms with van der Waals surface area (Å²) in [5.74, 6) is 0.199. The van der Waals surface area contributed by atoms with Gasteiger partial charge in [-0.3, -0.25) is 4.79 Å². The maximum Gasteiger partial charge on any atom is 0.305 e. The molecule has 0 radical (unpaired) electrons. The lowest BCUT2D eigenvalue weighted by Crippen LogP contribution is -2.36. The van der Waals surface area contributed by atoms with Crippen LogP contribution in [0.4, 0.5) is 0 Å². The molecule has 17 heavy (non-hydrogen) atoms. The summed E-state index contributed by atoms with van der Waals surface area (Å²) in [5, 5.41) is 0. The Morgan fingerprint density at radius 2 is 2.18 bits per heavy atom. The van der Waals surface area contributed by atoms with Crippen molar-refractivity contribution >= 4 is 5.97 Å². The monoisotopic (exact) mass is 234 g/mol. The largest absolute Gasteiger partial charge is 0.465 e. The predicted octanol–water partition coefficient (Wildman–Crippen LogP) is 2.72. The van der Waals surface area contributed by atoms with Crippen LogP contribution in [0.15, 0.2) is 30.3 Å². The maximum absolute atomic E-state index is 11.3. The van der Waals surface area contributed by atoms with Crippen molar-refractivity contribution in [3.05, 3.63) is 35.9 Å². The van der Waals surface area contributed by atoms with Crippen molar-refractivity contribution in [2.75, 3.05) is 13.2 Å². The minimum atomic E-state index is -0.105. The number of ether oxygens (including phenoxy) is 2. The van der Waals surface area contributed by atoms with E-state index in [-0.39, 0.29) is 12.1 Å². The number of benzene rings is 1. The zero-order valence-corrected chi connectivity index (χ0v) is 10.1. The highest BCUT2D eigenvalue weighted by Gasteiger charge is 2.34. The molecule has 0 spiro atoms. The van der Waals surface area contributed by atoms with Crippen LogP contribution < -0.4 is 0 Å². The Kier molecular flexibility index (Phi) is 4.15. The number of rotatable bonds is 5. The second kappa shape index (κ2) is 5.82. The van der Waals surface area contributed by atoms with Gasteiger partial charge in [-0.1, -0.05) is 37.3 Å². The van der Waals surface area contributed by atoms with Gasteiger partial charge in [-0.2, -0.15) is 0 Å². The number of hydrogen-bond donors (Lipinski definition) is 0. The quantitative estimate of drug-likeness (QED) is 0.735. The molecule has 1 saturated heterocycles. The molecule has 1 aliphatic rings. The summed E-state index contributed by atoms with van der Waals surface area (Å²) in [6.07, 6.45) is 1.43. The SMILES string of the molecule is CCCC(=O)OCC1COC1c1ccccc1. The first-order valence-electron chi connectivity index (χ1n) is 6.13. The molecule has 0 bridgehead atoms. The van der Waals surface area contributed by atoms with Gasteiger partial charge in [-0.05, 0) is 12.0 Å². The van der Waals surface area contributed by atoms with Gasteiger partial charge in [0.2, 0.25) is 0 Å². The molecule has 1 heterocycles. The van der Waals surface area contributed by atoms with E-state index in [4.69, 9.17) is 9.47 Å². The van der Waals surface area contributed by atoms with E-state index in [9.17, 15) is 4.79 Å². The van der Waals surface area contributed by atoms with Crippen molar-refractivity contribution in [1.82, 2.24) is 0 Å². The van der Waals surface area contributed by atoms with Crippen molar-refractivity contribution in [2.45, 2.75) is 25.9 Å². The van der Waals surface area contributed by atoms with Gasteiger partial charge in [0.15, 0.2) is 0 Å². The summed E-state index contributed by atoms with van der Waals surface area (Å²) >= 11 is 0. The first-order valence-corrected chi connectivity index (χ1v) is 6.13. The molecule has 0 aromatic heterocycles. The van der Waals surface area contributed by atoms with E-state index in [0.29, 0.717) is 25.6 Å². The number of carbonyl (C=O) groups excluding carboxylic acids is 1. The van der Waals surface area contributed by atoms with Crippen LogP contribution in [0.2, 0.25) is 0 Å². The van der Waals surface area contributed by atoms with Gasteiger partial charge in [0.25, 0.3) is 0 Å². The summed E-state index contributed by atoms with van der Waals surface area (Å²) in [5.41, 5.74) is 1.16. The Bertz CT molecular complexity index is 361. The molecule has 92 valence electrons. The first-order chi connectivity index (χ1) is 8.31. The van der Waals surface area contributed by atoms with Crippen molar-refractivity contribution < 1.29 is 14.3 Å². The van der Waals surface area contributed by atoms with E-state index in [0.717, 1.165) is 12.0 Å². The molecular formula is C14H18O3. The molecule has 0 aliphatic carbocycles. The molecule has 3 nitrogen and oxygen atoms in total. The smallest absolute Gasteiger partial charge is 0.305 e. The van der Waals surface area contributed by atoms with Gasteiger partial charge >= 0.3 is 5.97 Å². The van der Waals surface area contributed by atoms with E-state index in [2.05, 4.69) is 0 Å². The van der Waals surface area contributed by atoms with E-state index in [1.54, 1.807) is 0 Å². The van der Waals surface area contributed by atoms with Crippen LogP contribution >= 0.6 is 0 Å². The highest BCUT2D eigenvalue weighted by molar-refractivity contribution is 5.69. The fourth-order valence-corrected chi connectivity index (χ4v) is 1.95. The van der Waals surface area contributed by atoms with Crippen LogP contribution in [0.25, 0.3) is 0 Å². The molecule has 1 fully saturated rings. The van der Waals surface area contributed by atoms with Crippen LogP contribution in [0.3, 0.4) is 0 Å². The Morgan fingerprint density at radius 1 is 1.41 bits per heavy atom. The Labute approximate surface area is 102 Å². The van der Waals surface area contributed by atoms with Crippen molar-refractivity contribution in [3.63, 3.8) is 0 Å². The fourth-order valence-electron chi connectivity index (χ4n) is 1.95. The second-order valence-electron chi connectivity index (χ2n) is 4.36. The van der Waals surface area contributed by atoms with Crippen LogP contribution in [0.1, 0.15) is 31.4 Å². The van der Waals surface area contributed by atoms with Gasteiger partial charge in [-0.15, -0.1) is 0 Å². The van der Waals surface area contributed by atoms with E-state index in [1.165, 1.54) is 0 Å². The average molecular weight is 234 g/mol. The molecule has 3 heteroatoms. The van der Waals surface area contributed by atoms with Crippen molar-refractivity contribution in [1.29, 1.82) is 0 Å². The Hall–Kier alpha value is -1.35. The Balaban J connectivity index is 1.81. The third-order valence-electron chi connectivity index (χ3n) is 2.96. The third-order valence-corrected chi connectivity index (χ3v) is 2.96. The lowest BCUT2D eigenvalue weighted by atomic mass is 9.92. The molecule has 1 aliphatic heterocycles.